The van der Waals surface area contributed by atoms with Gasteiger partial charge < -0.3 is 10.2 Å². The molecular formula is C14H24N2O2. The highest BCUT2D eigenvalue weighted by molar-refractivity contribution is 5.99. The average molecular weight is 252 g/mol. The summed E-state index contributed by atoms with van der Waals surface area (Å²) in [6.07, 6.45) is 5.01. The van der Waals surface area contributed by atoms with Crippen LogP contribution in [0.4, 0.5) is 0 Å². The number of carbonyl (C=O) groups is 2. The molecule has 2 unspecified atom stereocenters. The van der Waals surface area contributed by atoms with Gasteiger partial charge in [-0.15, -0.1) is 0 Å². The molecule has 1 saturated carbocycles. The normalized spacial score (nSPS) is 33.3. The van der Waals surface area contributed by atoms with E-state index in [2.05, 4.69) is 5.32 Å². The van der Waals surface area contributed by atoms with Crippen molar-refractivity contribution in [2.24, 2.45) is 5.92 Å². The first-order valence-corrected chi connectivity index (χ1v) is 7.15. The van der Waals surface area contributed by atoms with Crippen LogP contribution in [0.5, 0.6) is 0 Å². The van der Waals surface area contributed by atoms with Gasteiger partial charge in [-0.2, -0.15) is 0 Å². The highest BCUT2D eigenvalue weighted by atomic mass is 16.2. The lowest BCUT2D eigenvalue weighted by Crippen LogP contribution is -2.69. The molecule has 0 spiro atoms. The van der Waals surface area contributed by atoms with E-state index < -0.39 is 5.54 Å². The van der Waals surface area contributed by atoms with Crippen LogP contribution in [0, 0.1) is 5.92 Å². The molecule has 102 valence electrons. The Labute approximate surface area is 109 Å². The summed E-state index contributed by atoms with van der Waals surface area (Å²) in [5.74, 6) is 0.721. The van der Waals surface area contributed by atoms with Gasteiger partial charge in [-0.3, -0.25) is 9.59 Å². The quantitative estimate of drug-likeness (QED) is 0.827. The van der Waals surface area contributed by atoms with Crippen molar-refractivity contribution in [1.29, 1.82) is 0 Å². The number of hydrogen-bond acceptors (Lipinski definition) is 2. The number of hydrogen-bond donors (Lipinski definition) is 1. The smallest absolute Gasteiger partial charge is 0.248 e. The summed E-state index contributed by atoms with van der Waals surface area (Å²) in [5.41, 5.74) is -0.702. The molecule has 0 aromatic carbocycles. The summed E-state index contributed by atoms with van der Waals surface area (Å²) in [6, 6.07) is -0.266. The Morgan fingerprint density at radius 1 is 1.33 bits per heavy atom. The molecule has 1 heterocycles. The van der Waals surface area contributed by atoms with Crippen LogP contribution < -0.4 is 5.32 Å². The molecule has 1 aliphatic heterocycles. The monoisotopic (exact) mass is 252 g/mol. The van der Waals surface area contributed by atoms with Crippen LogP contribution in [0.2, 0.25) is 0 Å². The van der Waals surface area contributed by atoms with Crippen molar-refractivity contribution in [3.05, 3.63) is 0 Å². The molecule has 4 heteroatoms. The molecule has 2 atom stereocenters. The first-order valence-electron chi connectivity index (χ1n) is 7.15. The van der Waals surface area contributed by atoms with Crippen molar-refractivity contribution in [2.45, 2.75) is 64.5 Å². The summed E-state index contributed by atoms with van der Waals surface area (Å²) >= 11 is 0. The number of piperazine rings is 1. The van der Waals surface area contributed by atoms with Crippen molar-refractivity contribution in [3.63, 3.8) is 0 Å². The first kappa shape index (κ1) is 13.4. The molecule has 0 aromatic heterocycles. The van der Waals surface area contributed by atoms with Crippen LogP contribution in [-0.2, 0) is 9.59 Å². The van der Waals surface area contributed by atoms with E-state index in [1.165, 1.54) is 19.3 Å². The maximum Gasteiger partial charge on any atom is 0.248 e. The van der Waals surface area contributed by atoms with Crippen molar-refractivity contribution in [3.8, 4) is 0 Å². The highest BCUT2D eigenvalue weighted by Crippen LogP contribution is 2.31. The molecule has 4 nitrogen and oxygen atoms in total. The predicted octanol–water partition coefficient (Wildman–Crippen LogP) is 1.69. The second kappa shape index (κ2) is 4.90. The Kier molecular flexibility index (Phi) is 3.64. The molecule has 0 bridgehead atoms. The van der Waals surface area contributed by atoms with Crippen molar-refractivity contribution >= 4 is 11.8 Å². The number of amides is 2. The molecule has 2 amide bonds. The zero-order valence-electron chi connectivity index (χ0n) is 11.7. The molecule has 1 aliphatic carbocycles. The number of nitrogens with one attached hydrogen (secondary N) is 1. The molecule has 0 aromatic rings. The zero-order chi connectivity index (χ0) is 13.3. The van der Waals surface area contributed by atoms with E-state index in [0.717, 1.165) is 6.54 Å². The van der Waals surface area contributed by atoms with Crippen LogP contribution in [0.3, 0.4) is 0 Å². The van der Waals surface area contributed by atoms with E-state index in [0.29, 0.717) is 18.8 Å². The third-order valence-corrected chi connectivity index (χ3v) is 4.58. The second-order valence-electron chi connectivity index (χ2n) is 5.85. The van der Waals surface area contributed by atoms with Crippen LogP contribution >= 0.6 is 0 Å². The standard InChI is InChI=1S/C14H24N2O2/c1-4-11-12(17)15-14(3,5-2)13(18)16(11)9-10-7-6-8-10/h10-11H,4-9H2,1-3H3,(H,15,17). The van der Waals surface area contributed by atoms with E-state index in [9.17, 15) is 9.59 Å². The second-order valence-corrected chi connectivity index (χ2v) is 5.85. The van der Waals surface area contributed by atoms with Gasteiger partial charge in [0.05, 0.1) is 0 Å². The summed E-state index contributed by atoms with van der Waals surface area (Å²) in [4.78, 5) is 26.6. The summed E-state index contributed by atoms with van der Waals surface area (Å²) in [5, 5.41) is 2.90. The Bertz CT molecular complexity index is 352. The lowest BCUT2D eigenvalue weighted by molar-refractivity contribution is -0.155. The largest absolute Gasteiger partial charge is 0.340 e. The van der Waals surface area contributed by atoms with Gasteiger partial charge in [0.15, 0.2) is 0 Å². The Balaban J connectivity index is 2.18. The van der Waals surface area contributed by atoms with Gasteiger partial charge in [0.25, 0.3) is 0 Å². The van der Waals surface area contributed by atoms with Gasteiger partial charge >= 0.3 is 0 Å². The molecule has 2 rings (SSSR count). The maximum absolute atomic E-state index is 12.6. The van der Waals surface area contributed by atoms with E-state index in [1.807, 2.05) is 25.7 Å². The fourth-order valence-corrected chi connectivity index (χ4v) is 2.82. The van der Waals surface area contributed by atoms with E-state index in [4.69, 9.17) is 0 Å². The zero-order valence-corrected chi connectivity index (χ0v) is 11.7. The van der Waals surface area contributed by atoms with Crippen LogP contribution in [0.1, 0.15) is 52.9 Å². The maximum atomic E-state index is 12.6. The Hall–Kier alpha value is -1.06. The van der Waals surface area contributed by atoms with Gasteiger partial charge in [-0.25, -0.2) is 0 Å². The molecule has 18 heavy (non-hydrogen) atoms. The minimum Gasteiger partial charge on any atom is -0.340 e. The molecule has 2 aliphatic rings. The average Bonchev–Trinajstić information content (AvgIpc) is 2.29. The number of carbonyl (C=O) groups excluding carboxylic acids is 2. The Morgan fingerprint density at radius 3 is 2.44 bits per heavy atom. The molecule has 0 radical (unpaired) electrons. The lowest BCUT2D eigenvalue weighted by atomic mass is 9.83. The molecule has 1 N–H and O–H groups in total. The fourth-order valence-electron chi connectivity index (χ4n) is 2.82. The first-order chi connectivity index (χ1) is 8.51. The van der Waals surface area contributed by atoms with Crippen molar-refractivity contribution in [2.75, 3.05) is 6.54 Å². The van der Waals surface area contributed by atoms with Crippen LogP contribution in [0.25, 0.3) is 0 Å². The van der Waals surface area contributed by atoms with Gasteiger partial charge in [0.2, 0.25) is 11.8 Å². The van der Waals surface area contributed by atoms with Crippen molar-refractivity contribution in [1.82, 2.24) is 10.2 Å². The van der Waals surface area contributed by atoms with Gasteiger partial charge in [-0.05, 0) is 38.5 Å². The van der Waals surface area contributed by atoms with E-state index in [-0.39, 0.29) is 17.9 Å². The SMILES string of the molecule is CCC1C(=O)NC(C)(CC)C(=O)N1CC1CCC1. The number of rotatable bonds is 4. The predicted molar refractivity (Wildman–Crippen MR) is 70.0 cm³/mol. The number of nitrogens with zero attached hydrogens (tertiary/aromatic N) is 1. The molecule has 1 saturated heterocycles. The Morgan fingerprint density at radius 2 is 2.00 bits per heavy atom. The molecule has 2 fully saturated rings. The summed E-state index contributed by atoms with van der Waals surface area (Å²) in [7, 11) is 0. The summed E-state index contributed by atoms with van der Waals surface area (Å²) in [6.45, 7) is 6.53. The van der Waals surface area contributed by atoms with Gasteiger partial charge in [0.1, 0.15) is 11.6 Å². The van der Waals surface area contributed by atoms with Crippen LogP contribution in [-0.4, -0.2) is 34.8 Å². The summed E-state index contributed by atoms with van der Waals surface area (Å²) < 4.78 is 0. The minimum atomic E-state index is -0.702. The highest BCUT2D eigenvalue weighted by Gasteiger charge is 2.46. The van der Waals surface area contributed by atoms with Crippen LogP contribution in [0.15, 0.2) is 0 Å². The van der Waals surface area contributed by atoms with Gasteiger partial charge in [-0.1, -0.05) is 20.3 Å². The topological polar surface area (TPSA) is 49.4 Å². The third-order valence-electron chi connectivity index (χ3n) is 4.58. The van der Waals surface area contributed by atoms with E-state index in [1.54, 1.807) is 0 Å². The fraction of sp³-hybridized carbons (Fsp3) is 0.857. The van der Waals surface area contributed by atoms with Gasteiger partial charge in [0, 0.05) is 6.54 Å². The lowest BCUT2D eigenvalue weighted by Gasteiger charge is -2.46. The molecular weight excluding hydrogens is 228 g/mol. The minimum absolute atomic E-state index is 0.0146. The van der Waals surface area contributed by atoms with E-state index >= 15 is 0 Å². The third kappa shape index (κ3) is 2.13. The van der Waals surface area contributed by atoms with Crippen molar-refractivity contribution < 1.29 is 9.59 Å².